The van der Waals surface area contributed by atoms with Crippen LogP contribution in [0.2, 0.25) is 0 Å². The standard InChI is InChI=1S/C13H15N3O/c14-8-7-13(5-6-13)9-16-11-3-1-10(2-4-11)12(15)17/h1-4,16H,5-7,9H2,(H2,15,17). The molecule has 4 heteroatoms. The van der Waals surface area contributed by atoms with Gasteiger partial charge in [-0.3, -0.25) is 4.79 Å². The van der Waals surface area contributed by atoms with E-state index in [0.29, 0.717) is 12.0 Å². The molecule has 1 aromatic rings. The second-order valence-corrected chi connectivity index (χ2v) is 4.63. The zero-order chi connectivity index (χ0) is 12.3. The topological polar surface area (TPSA) is 78.9 Å². The van der Waals surface area contributed by atoms with Crippen LogP contribution in [0.5, 0.6) is 0 Å². The molecule has 0 unspecified atom stereocenters. The number of nitrogens with two attached hydrogens (primary N) is 1. The molecule has 0 heterocycles. The number of amides is 1. The Morgan fingerprint density at radius 3 is 2.53 bits per heavy atom. The van der Waals surface area contributed by atoms with Crippen molar-refractivity contribution in [2.24, 2.45) is 11.1 Å². The van der Waals surface area contributed by atoms with Gasteiger partial charge in [-0.1, -0.05) is 0 Å². The first-order valence-electron chi connectivity index (χ1n) is 5.66. The fraction of sp³-hybridized carbons (Fsp3) is 0.385. The van der Waals surface area contributed by atoms with E-state index in [9.17, 15) is 4.79 Å². The molecule has 3 N–H and O–H groups in total. The smallest absolute Gasteiger partial charge is 0.248 e. The Morgan fingerprint density at radius 2 is 2.06 bits per heavy atom. The van der Waals surface area contributed by atoms with Crippen molar-refractivity contribution >= 4 is 11.6 Å². The number of benzene rings is 1. The number of nitrogens with one attached hydrogen (secondary N) is 1. The van der Waals surface area contributed by atoms with Crippen molar-refractivity contribution in [3.8, 4) is 6.07 Å². The summed E-state index contributed by atoms with van der Waals surface area (Å²) in [6.45, 7) is 0.816. The Labute approximate surface area is 100 Å². The second-order valence-electron chi connectivity index (χ2n) is 4.63. The van der Waals surface area contributed by atoms with Gasteiger partial charge < -0.3 is 11.1 Å². The molecule has 1 fully saturated rings. The monoisotopic (exact) mass is 229 g/mol. The minimum absolute atomic E-state index is 0.178. The fourth-order valence-electron chi connectivity index (χ4n) is 1.80. The van der Waals surface area contributed by atoms with E-state index < -0.39 is 5.91 Å². The van der Waals surface area contributed by atoms with Crippen LogP contribution in [0.3, 0.4) is 0 Å². The van der Waals surface area contributed by atoms with Gasteiger partial charge in [0.15, 0.2) is 0 Å². The minimum atomic E-state index is -0.417. The van der Waals surface area contributed by atoms with E-state index in [1.807, 2.05) is 12.1 Å². The first kappa shape index (κ1) is 11.5. The molecule has 1 aliphatic carbocycles. The first-order valence-corrected chi connectivity index (χ1v) is 5.66. The van der Waals surface area contributed by atoms with Crippen LogP contribution in [0.25, 0.3) is 0 Å². The summed E-state index contributed by atoms with van der Waals surface area (Å²) in [6.07, 6.45) is 2.85. The van der Waals surface area contributed by atoms with Gasteiger partial charge in [-0.15, -0.1) is 0 Å². The number of rotatable bonds is 5. The summed E-state index contributed by atoms with van der Waals surface area (Å²) < 4.78 is 0. The molecule has 1 saturated carbocycles. The maximum atomic E-state index is 10.9. The lowest BCUT2D eigenvalue weighted by atomic mass is 10.0. The predicted octanol–water partition coefficient (Wildman–Crippen LogP) is 1.89. The molecule has 0 aromatic heterocycles. The molecule has 1 aliphatic rings. The Morgan fingerprint density at radius 1 is 1.41 bits per heavy atom. The van der Waals surface area contributed by atoms with Crippen molar-refractivity contribution in [1.29, 1.82) is 5.26 Å². The number of hydrogen-bond acceptors (Lipinski definition) is 3. The van der Waals surface area contributed by atoms with Gasteiger partial charge in [-0.2, -0.15) is 5.26 Å². The number of nitriles is 1. The number of hydrogen-bond donors (Lipinski definition) is 2. The van der Waals surface area contributed by atoms with Gasteiger partial charge in [-0.05, 0) is 37.1 Å². The van der Waals surface area contributed by atoms with Crippen LogP contribution < -0.4 is 11.1 Å². The number of anilines is 1. The fourth-order valence-corrected chi connectivity index (χ4v) is 1.80. The Balaban J connectivity index is 1.92. The van der Waals surface area contributed by atoms with Crippen LogP contribution in [-0.4, -0.2) is 12.5 Å². The maximum absolute atomic E-state index is 10.9. The average molecular weight is 229 g/mol. The summed E-state index contributed by atoms with van der Waals surface area (Å²) in [5.41, 5.74) is 6.80. The summed E-state index contributed by atoms with van der Waals surface area (Å²) in [4.78, 5) is 10.9. The molecule has 1 amide bonds. The largest absolute Gasteiger partial charge is 0.384 e. The number of primary amides is 1. The van der Waals surface area contributed by atoms with E-state index in [1.165, 1.54) is 0 Å². The molecule has 2 rings (SSSR count). The van der Waals surface area contributed by atoms with E-state index >= 15 is 0 Å². The molecule has 0 atom stereocenters. The molecule has 0 saturated heterocycles. The minimum Gasteiger partial charge on any atom is -0.384 e. The number of carbonyl (C=O) groups is 1. The molecule has 88 valence electrons. The van der Waals surface area contributed by atoms with E-state index in [1.54, 1.807) is 12.1 Å². The Kier molecular flexibility index (Phi) is 3.01. The normalized spacial score (nSPS) is 15.9. The van der Waals surface area contributed by atoms with Gasteiger partial charge in [0, 0.05) is 29.6 Å². The predicted molar refractivity (Wildman–Crippen MR) is 65.3 cm³/mol. The van der Waals surface area contributed by atoms with Gasteiger partial charge in [-0.25, -0.2) is 0 Å². The Bertz CT molecular complexity index is 455. The summed E-state index contributed by atoms with van der Waals surface area (Å²) in [5.74, 6) is -0.417. The van der Waals surface area contributed by atoms with E-state index in [-0.39, 0.29) is 5.41 Å². The Hall–Kier alpha value is -2.02. The van der Waals surface area contributed by atoms with Crippen LogP contribution in [0.4, 0.5) is 5.69 Å². The van der Waals surface area contributed by atoms with Crippen LogP contribution in [-0.2, 0) is 0 Å². The molecule has 0 aliphatic heterocycles. The van der Waals surface area contributed by atoms with Crippen molar-refractivity contribution in [2.45, 2.75) is 19.3 Å². The van der Waals surface area contributed by atoms with Crippen molar-refractivity contribution < 1.29 is 4.79 Å². The first-order chi connectivity index (χ1) is 8.15. The lowest BCUT2D eigenvalue weighted by Crippen LogP contribution is -2.15. The molecule has 1 aromatic carbocycles. The lowest BCUT2D eigenvalue weighted by Gasteiger charge is -2.13. The van der Waals surface area contributed by atoms with E-state index in [4.69, 9.17) is 11.0 Å². The maximum Gasteiger partial charge on any atom is 0.248 e. The van der Waals surface area contributed by atoms with Crippen molar-refractivity contribution in [3.05, 3.63) is 29.8 Å². The van der Waals surface area contributed by atoms with Crippen LogP contribution >= 0.6 is 0 Å². The molecular formula is C13H15N3O. The highest BCUT2D eigenvalue weighted by Gasteiger charge is 2.42. The van der Waals surface area contributed by atoms with E-state index in [0.717, 1.165) is 25.1 Å². The third-order valence-corrected chi connectivity index (χ3v) is 3.25. The second kappa shape index (κ2) is 4.46. The van der Waals surface area contributed by atoms with Gasteiger partial charge in [0.25, 0.3) is 0 Å². The lowest BCUT2D eigenvalue weighted by molar-refractivity contribution is 0.100. The van der Waals surface area contributed by atoms with Crippen molar-refractivity contribution in [3.63, 3.8) is 0 Å². The van der Waals surface area contributed by atoms with Crippen molar-refractivity contribution in [2.75, 3.05) is 11.9 Å². The molecule has 0 radical (unpaired) electrons. The molecular weight excluding hydrogens is 214 g/mol. The van der Waals surface area contributed by atoms with Crippen LogP contribution in [0.15, 0.2) is 24.3 Å². The van der Waals surface area contributed by atoms with Crippen LogP contribution in [0.1, 0.15) is 29.6 Å². The van der Waals surface area contributed by atoms with Gasteiger partial charge >= 0.3 is 0 Å². The summed E-state index contributed by atoms with van der Waals surface area (Å²) in [6, 6.07) is 9.31. The third kappa shape index (κ3) is 2.76. The molecule has 17 heavy (non-hydrogen) atoms. The highest BCUT2D eigenvalue weighted by molar-refractivity contribution is 5.93. The van der Waals surface area contributed by atoms with Crippen molar-refractivity contribution in [1.82, 2.24) is 0 Å². The quantitative estimate of drug-likeness (QED) is 0.809. The molecule has 0 spiro atoms. The highest BCUT2D eigenvalue weighted by atomic mass is 16.1. The zero-order valence-corrected chi connectivity index (χ0v) is 9.57. The SMILES string of the molecule is N#CCC1(CNc2ccc(C(N)=O)cc2)CC1. The number of nitrogens with zero attached hydrogens (tertiary/aromatic N) is 1. The van der Waals surface area contributed by atoms with E-state index in [2.05, 4.69) is 11.4 Å². The summed E-state index contributed by atoms with van der Waals surface area (Å²) in [7, 11) is 0. The molecule has 4 nitrogen and oxygen atoms in total. The summed E-state index contributed by atoms with van der Waals surface area (Å²) in [5, 5.41) is 12.0. The van der Waals surface area contributed by atoms with Gasteiger partial charge in [0.05, 0.1) is 6.07 Å². The number of carbonyl (C=O) groups excluding carboxylic acids is 1. The average Bonchev–Trinajstić information content (AvgIpc) is 3.08. The third-order valence-electron chi connectivity index (χ3n) is 3.25. The van der Waals surface area contributed by atoms with Gasteiger partial charge in [0.2, 0.25) is 5.91 Å². The summed E-state index contributed by atoms with van der Waals surface area (Å²) >= 11 is 0. The van der Waals surface area contributed by atoms with Crippen LogP contribution in [0, 0.1) is 16.7 Å². The zero-order valence-electron chi connectivity index (χ0n) is 9.57. The van der Waals surface area contributed by atoms with Gasteiger partial charge in [0.1, 0.15) is 0 Å². The molecule has 0 bridgehead atoms. The highest BCUT2D eigenvalue weighted by Crippen LogP contribution is 2.48.